The van der Waals surface area contributed by atoms with Gasteiger partial charge in [0.15, 0.2) is 11.5 Å². The molecule has 2 aliphatic rings. The Morgan fingerprint density at radius 1 is 1.12 bits per heavy atom. The van der Waals surface area contributed by atoms with Gasteiger partial charge in [-0.05, 0) is 53.9 Å². The lowest BCUT2D eigenvalue weighted by Gasteiger charge is -2.14. The Morgan fingerprint density at radius 3 is 2.68 bits per heavy atom. The first-order valence-corrected chi connectivity index (χ1v) is 8.94. The number of methoxy groups -OCH3 is 1. The van der Waals surface area contributed by atoms with Gasteiger partial charge in [-0.25, -0.2) is 0 Å². The van der Waals surface area contributed by atoms with Crippen molar-refractivity contribution in [2.75, 3.05) is 20.3 Å². The standard InChI is InChI=1S/C20H23BO4/c1-23-19-8-7-17(10-20(19)24-12-14-5-6-14)15-3-2-4-16(9-15)18-11-21(22)25-13-18/h2-4,7-10,14,18,22H,5-6,11-13H2,1H3. The summed E-state index contributed by atoms with van der Waals surface area (Å²) in [5.74, 6) is 2.52. The SMILES string of the molecule is COc1ccc(-c2cccc(C3COB(O)C3)c2)cc1OCC1CC1. The van der Waals surface area contributed by atoms with E-state index in [2.05, 4.69) is 36.4 Å². The lowest BCUT2D eigenvalue weighted by Crippen LogP contribution is -2.07. The van der Waals surface area contributed by atoms with E-state index >= 15 is 0 Å². The topological polar surface area (TPSA) is 47.9 Å². The van der Waals surface area contributed by atoms with Crippen LogP contribution in [0.4, 0.5) is 0 Å². The zero-order chi connectivity index (χ0) is 17.2. The second kappa shape index (κ2) is 7.10. The molecule has 1 aliphatic carbocycles. The van der Waals surface area contributed by atoms with E-state index in [0.717, 1.165) is 29.2 Å². The molecule has 4 rings (SSSR count). The largest absolute Gasteiger partial charge is 0.493 e. The van der Waals surface area contributed by atoms with Gasteiger partial charge in [0, 0.05) is 12.5 Å². The van der Waals surface area contributed by atoms with Gasteiger partial charge in [-0.3, -0.25) is 0 Å². The van der Waals surface area contributed by atoms with Gasteiger partial charge in [0.2, 0.25) is 0 Å². The van der Waals surface area contributed by atoms with Crippen molar-refractivity contribution in [3.8, 4) is 22.6 Å². The van der Waals surface area contributed by atoms with E-state index in [1.807, 2.05) is 6.07 Å². The molecule has 1 aliphatic heterocycles. The van der Waals surface area contributed by atoms with Crippen molar-refractivity contribution in [1.82, 2.24) is 0 Å². The molecule has 2 aromatic rings. The van der Waals surface area contributed by atoms with E-state index in [0.29, 0.717) is 18.8 Å². The van der Waals surface area contributed by atoms with Crippen molar-refractivity contribution in [3.05, 3.63) is 48.0 Å². The minimum absolute atomic E-state index is 0.249. The Bertz CT molecular complexity index is 744. The molecule has 130 valence electrons. The molecule has 2 aromatic carbocycles. The van der Waals surface area contributed by atoms with Crippen LogP contribution in [0.25, 0.3) is 11.1 Å². The normalized spacial score (nSPS) is 19.9. The third kappa shape index (κ3) is 3.83. The zero-order valence-electron chi connectivity index (χ0n) is 14.5. The van der Waals surface area contributed by atoms with Crippen LogP contribution in [-0.4, -0.2) is 32.5 Å². The van der Waals surface area contributed by atoms with Crippen molar-refractivity contribution in [2.24, 2.45) is 5.92 Å². The summed E-state index contributed by atoms with van der Waals surface area (Å²) in [4.78, 5) is 0. The summed E-state index contributed by atoms with van der Waals surface area (Å²) >= 11 is 0. The maximum atomic E-state index is 9.60. The molecule has 2 fully saturated rings. The predicted molar refractivity (Wildman–Crippen MR) is 98.1 cm³/mol. The summed E-state index contributed by atoms with van der Waals surface area (Å²) in [6.07, 6.45) is 3.18. The second-order valence-corrected chi connectivity index (χ2v) is 6.97. The monoisotopic (exact) mass is 338 g/mol. The van der Waals surface area contributed by atoms with Gasteiger partial charge < -0.3 is 19.2 Å². The van der Waals surface area contributed by atoms with Crippen LogP contribution in [-0.2, 0) is 4.65 Å². The van der Waals surface area contributed by atoms with Crippen molar-refractivity contribution in [1.29, 1.82) is 0 Å². The Labute approximate surface area is 148 Å². The lowest BCUT2D eigenvalue weighted by atomic mass is 9.79. The molecule has 1 heterocycles. The molecule has 25 heavy (non-hydrogen) atoms. The molecule has 1 atom stereocenters. The first kappa shape index (κ1) is 16.5. The number of hydrogen-bond donors (Lipinski definition) is 1. The van der Waals surface area contributed by atoms with Gasteiger partial charge in [-0.1, -0.05) is 30.3 Å². The van der Waals surface area contributed by atoms with Gasteiger partial charge in [0.05, 0.1) is 13.7 Å². The molecule has 0 bridgehead atoms. The first-order chi connectivity index (χ1) is 12.2. The summed E-state index contributed by atoms with van der Waals surface area (Å²) < 4.78 is 16.7. The quantitative estimate of drug-likeness (QED) is 0.815. The third-order valence-corrected chi connectivity index (χ3v) is 5.00. The Balaban J connectivity index is 1.58. The van der Waals surface area contributed by atoms with Gasteiger partial charge in [0.1, 0.15) is 0 Å². The summed E-state index contributed by atoms with van der Waals surface area (Å²) in [7, 11) is 1.03. The van der Waals surface area contributed by atoms with Crippen LogP contribution in [0.5, 0.6) is 11.5 Å². The number of benzene rings is 2. The number of ether oxygens (including phenoxy) is 2. The Morgan fingerprint density at radius 2 is 1.96 bits per heavy atom. The fourth-order valence-electron chi connectivity index (χ4n) is 3.27. The minimum Gasteiger partial charge on any atom is -0.493 e. The van der Waals surface area contributed by atoms with Crippen LogP contribution in [0.1, 0.15) is 24.3 Å². The van der Waals surface area contributed by atoms with Crippen molar-refractivity contribution in [3.63, 3.8) is 0 Å². The molecule has 0 aromatic heterocycles. The van der Waals surface area contributed by atoms with Crippen LogP contribution < -0.4 is 9.47 Å². The summed E-state index contributed by atoms with van der Waals surface area (Å²) in [6.45, 7) is 1.33. The molecule has 0 radical (unpaired) electrons. The van der Waals surface area contributed by atoms with E-state index in [1.54, 1.807) is 7.11 Å². The van der Waals surface area contributed by atoms with E-state index in [4.69, 9.17) is 14.1 Å². The average Bonchev–Trinajstić information content (AvgIpc) is 3.38. The molecule has 1 N–H and O–H groups in total. The van der Waals surface area contributed by atoms with Gasteiger partial charge in [-0.2, -0.15) is 0 Å². The maximum Gasteiger partial charge on any atom is 0.454 e. The van der Waals surface area contributed by atoms with Crippen LogP contribution in [0.3, 0.4) is 0 Å². The molecular formula is C20H23BO4. The van der Waals surface area contributed by atoms with Gasteiger partial charge in [0.25, 0.3) is 0 Å². The lowest BCUT2D eigenvalue weighted by molar-refractivity contribution is 0.280. The first-order valence-electron chi connectivity index (χ1n) is 8.94. The van der Waals surface area contributed by atoms with Crippen molar-refractivity contribution < 1.29 is 19.2 Å². The highest BCUT2D eigenvalue weighted by molar-refractivity contribution is 6.43. The zero-order valence-corrected chi connectivity index (χ0v) is 14.5. The molecule has 0 amide bonds. The maximum absolute atomic E-state index is 9.60. The minimum atomic E-state index is -0.642. The highest BCUT2D eigenvalue weighted by Crippen LogP contribution is 2.36. The third-order valence-electron chi connectivity index (χ3n) is 5.00. The van der Waals surface area contributed by atoms with Crippen LogP contribution in [0.2, 0.25) is 6.32 Å². The highest BCUT2D eigenvalue weighted by atomic mass is 16.5. The summed E-state index contributed by atoms with van der Waals surface area (Å²) in [6, 6.07) is 14.5. The molecule has 1 saturated carbocycles. The molecule has 4 nitrogen and oxygen atoms in total. The Hall–Kier alpha value is -1.98. The summed E-state index contributed by atoms with van der Waals surface area (Å²) in [5, 5.41) is 9.60. The molecule has 0 spiro atoms. The molecule has 1 saturated heterocycles. The fourth-order valence-corrected chi connectivity index (χ4v) is 3.27. The van der Waals surface area contributed by atoms with Gasteiger partial charge in [-0.15, -0.1) is 0 Å². The highest BCUT2D eigenvalue weighted by Gasteiger charge is 2.29. The summed E-state index contributed by atoms with van der Waals surface area (Å²) in [5.41, 5.74) is 3.44. The Kier molecular flexibility index (Phi) is 4.68. The second-order valence-electron chi connectivity index (χ2n) is 6.97. The van der Waals surface area contributed by atoms with E-state index in [-0.39, 0.29) is 5.92 Å². The number of hydrogen-bond acceptors (Lipinski definition) is 4. The van der Waals surface area contributed by atoms with Crippen LogP contribution >= 0.6 is 0 Å². The molecule has 5 heteroatoms. The van der Waals surface area contributed by atoms with Gasteiger partial charge >= 0.3 is 7.12 Å². The average molecular weight is 338 g/mol. The number of rotatable bonds is 6. The van der Waals surface area contributed by atoms with E-state index in [1.165, 1.54) is 18.4 Å². The van der Waals surface area contributed by atoms with Crippen LogP contribution in [0, 0.1) is 5.92 Å². The van der Waals surface area contributed by atoms with Crippen LogP contribution in [0.15, 0.2) is 42.5 Å². The molecular weight excluding hydrogens is 315 g/mol. The molecule has 1 unspecified atom stereocenters. The smallest absolute Gasteiger partial charge is 0.454 e. The van der Waals surface area contributed by atoms with Crippen molar-refractivity contribution in [2.45, 2.75) is 25.1 Å². The van der Waals surface area contributed by atoms with E-state index in [9.17, 15) is 5.02 Å². The van der Waals surface area contributed by atoms with E-state index < -0.39 is 7.12 Å². The van der Waals surface area contributed by atoms with Crippen molar-refractivity contribution >= 4 is 7.12 Å². The fraction of sp³-hybridized carbons (Fsp3) is 0.400. The predicted octanol–water partition coefficient (Wildman–Crippen LogP) is 3.75.